The van der Waals surface area contributed by atoms with Crippen LogP contribution in [-0.2, 0) is 6.42 Å². The van der Waals surface area contributed by atoms with Gasteiger partial charge in [-0.05, 0) is 11.6 Å². The molecule has 0 saturated carbocycles. The van der Waals surface area contributed by atoms with E-state index in [1.54, 1.807) is 24.9 Å². The second kappa shape index (κ2) is 4.02. The van der Waals surface area contributed by atoms with Crippen molar-refractivity contribution in [2.24, 2.45) is 0 Å². The van der Waals surface area contributed by atoms with Gasteiger partial charge < -0.3 is 9.52 Å². The van der Waals surface area contributed by atoms with Crippen molar-refractivity contribution in [3.8, 4) is 0 Å². The monoisotopic (exact) mass is 190 g/mol. The lowest BCUT2D eigenvalue weighted by Crippen LogP contribution is -2.01. The summed E-state index contributed by atoms with van der Waals surface area (Å²) in [5.74, 6) is 0. The van der Waals surface area contributed by atoms with Crippen LogP contribution in [0.4, 0.5) is 0 Å². The Bertz CT molecular complexity index is 372. The minimum atomic E-state index is -0.575. The summed E-state index contributed by atoms with van der Waals surface area (Å²) in [5, 5.41) is 9.77. The molecule has 0 amide bonds. The zero-order chi connectivity index (χ0) is 9.80. The summed E-state index contributed by atoms with van der Waals surface area (Å²) in [7, 11) is 0. The van der Waals surface area contributed by atoms with Gasteiger partial charge in [-0.2, -0.15) is 0 Å². The van der Waals surface area contributed by atoms with Crippen molar-refractivity contribution in [1.82, 2.24) is 9.97 Å². The van der Waals surface area contributed by atoms with Gasteiger partial charge in [0.05, 0.1) is 18.6 Å². The number of aliphatic hydroxyl groups is 1. The van der Waals surface area contributed by atoms with E-state index in [2.05, 4.69) is 9.97 Å². The van der Waals surface area contributed by atoms with Crippen molar-refractivity contribution in [3.05, 3.63) is 48.4 Å². The lowest BCUT2D eigenvalue weighted by Gasteiger charge is -2.07. The van der Waals surface area contributed by atoms with E-state index in [0.29, 0.717) is 12.0 Å². The lowest BCUT2D eigenvalue weighted by molar-refractivity contribution is 0.177. The second-order valence-corrected chi connectivity index (χ2v) is 3.02. The first-order valence-corrected chi connectivity index (χ1v) is 4.30. The molecule has 0 spiro atoms. The largest absolute Gasteiger partial charge is 0.472 e. The minimum Gasteiger partial charge on any atom is -0.472 e. The quantitative estimate of drug-likeness (QED) is 0.793. The fourth-order valence-corrected chi connectivity index (χ4v) is 1.23. The molecule has 1 N–H and O–H groups in total. The maximum atomic E-state index is 9.77. The number of aliphatic hydroxyl groups excluding tert-OH is 1. The second-order valence-electron chi connectivity index (χ2n) is 3.02. The van der Waals surface area contributed by atoms with Crippen LogP contribution in [0.2, 0.25) is 0 Å². The number of hydrogen-bond acceptors (Lipinski definition) is 4. The minimum absolute atomic E-state index is 0.518. The molecule has 2 rings (SSSR count). The van der Waals surface area contributed by atoms with Gasteiger partial charge in [0.15, 0.2) is 0 Å². The summed E-state index contributed by atoms with van der Waals surface area (Å²) >= 11 is 0. The Hall–Kier alpha value is -1.68. The van der Waals surface area contributed by atoms with Crippen molar-refractivity contribution in [2.45, 2.75) is 12.5 Å². The van der Waals surface area contributed by atoms with Crippen LogP contribution in [0, 0.1) is 0 Å². The van der Waals surface area contributed by atoms with Crippen LogP contribution >= 0.6 is 0 Å². The third kappa shape index (κ3) is 1.97. The van der Waals surface area contributed by atoms with Crippen molar-refractivity contribution < 1.29 is 9.52 Å². The zero-order valence-corrected chi connectivity index (χ0v) is 7.50. The van der Waals surface area contributed by atoms with Crippen LogP contribution in [0.25, 0.3) is 0 Å². The lowest BCUT2D eigenvalue weighted by atomic mass is 10.1. The van der Waals surface area contributed by atoms with Crippen LogP contribution in [0.3, 0.4) is 0 Å². The Balaban J connectivity index is 2.07. The van der Waals surface area contributed by atoms with Gasteiger partial charge in [0.25, 0.3) is 0 Å². The van der Waals surface area contributed by atoms with Gasteiger partial charge in [0, 0.05) is 24.4 Å². The number of furan rings is 1. The van der Waals surface area contributed by atoms with E-state index >= 15 is 0 Å². The zero-order valence-electron chi connectivity index (χ0n) is 7.50. The Morgan fingerprint density at radius 3 is 2.79 bits per heavy atom. The number of nitrogens with zero attached hydrogens (tertiary/aromatic N) is 2. The molecule has 1 atom stereocenters. The predicted octanol–water partition coefficient (Wildman–Crippen LogP) is 1.35. The van der Waals surface area contributed by atoms with E-state index in [4.69, 9.17) is 4.42 Å². The summed E-state index contributed by atoms with van der Waals surface area (Å²) in [4.78, 5) is 7.68. The average molecular weight is 190 g/mol. The molecule has 0 fully saturated rings. The van der Waals surface area contributed by atoms with E-state index in [0.717, 1.165) is 5.56 Å². The van der Waals surface area contributed by atoms with Gasteiger partial charge in [-0.15, -0.1) is 0 Å². The molecule has 2 aromatic heterocycles. The van der Waals surface area contributed by atoms with E-state index in [9.17, 15) is 5.11 Å². The molecule has 2 aromatic rings. The molecule has 0 aliphatic heterocycles. The van der Waals surface area contributed by atoms with Gasteiger partial charge in [0.1, 0.15) is 6.33 Å². The van der Waals surface area contributed by atoms with E-state index in [-0.39, 0.29) is 0 Å². The molecule has 0 aromatic carbocycles. The molecule has 0 radical (unpaired) electrons. The first kappa shape index (κ1) is 8.90. The molecule has 0 aliphatic rings. The van der Waals surface area contributed by atoms with Gasteiger partial charge in [-0.3, -0.25) is 0 Å². The molecular formula is C10H10N2O2. The Kier molecular flexibility index (Phi) is 2.55. The molecule has 14 heavy (non-hydrogen) atoms. The first-order valence-electron chi connectivity index (χ1n) is 4.30. The van der Waals surface area contributed by atoms with Crippen LogP contribution in [0.5, 0.6) is 0 Å². The first-order chi connectivity index (χ1) is 6.86. The fraction of sp³-hybridized carbons (Fsp3) is 0.200. The van der Waals surface area contributed by atoms with Crippen molar-refractivity contribution in [2.75, 3.05) is 0 Å². The highest BCUT2D eigenvalue weighted by molar-refractivity contribution is 5.13. The molecule has 1 unspecified atom stereocenters. The average Bonchev–Trinajstić information content (AvgIpc) is 2.72. The Morgan fingerprint density at radius 1 is 1.36 bits per heavy atom. The molecular weight excluding hydrogens is 180 g/mol. The normalized spacial score (nSPS) is 12.6. The summed E-state index contributed by atoms with van der Waals surface area (Å²) < 4.78 is 4.91. The highest BCUT2D eigenvalue weighted by Crippen LogP contribution is 2.16. The van der Waals surface area contributed by atoms with Crippen molar-refractivity contribution in [1.29, 1.82) is 0 Å². The van der Waals surface area contributed by atoms with E-state index in [1.165, 1.54) is 6.33 Å². The smallest absolute Gasteiger partial charge is 0.115 e. The third-order valence-electron chi connectivity index (χ3n) is 1.97. The molecule has 0 saturated heterocycles. The molecule has 4 heteroatoms. The van der Waals surface area contributed by atoms with Crippen molar-refractivity contribution in [3.63, 3.8) is 0 Å². The summed E-state index contributed by atoms with van der Waals surface area (Å²) in [6.45, 7) is 0. The molecule has 4 nitrogen and oxygen atoms in total. The van der Waals surface area contributed by atoms with Crippen LogP contribution < -0.4 is 0 Å². The number of hydrogen-bond donors (Lipinski definition) is 1. The van der Waals surface area contributed by atoms with Gasteiger partial charge in [0.2, 0.25) is 0 Å². The van der Waals surface area contributed by atoms with Crippen LogP contribution in [0.15, 0.2) is 41.7 Å². The highest BCUT2D eigenvalue weighted by Gasteiger charge is 2.09. The summed E-state index contributed by atoms with van der Waals surface area (Å²) in [6, 6.07) is 1.83. The SMILES string of the molecule is OC(Cc1ccoc1)c1cncnc1. The summed E-state index contributed by atoms with van der Waals surface area (Å²) in [6.07, 6.45) is 7.80. The van der Waals surface area contributed by atoms with Crippen LogP contribution in [-0.4, -0.2) is 15.1 Å². The van der Waals surface area contributed by atoms with E-state index < -0.39 is 6.10 Å². The van der Waals surface area contributed by atoms with Gasteiger partial charge >= 0.3 is 0 Å². The highest BCUT2D eigenvalue weighted by atomic mass is 16.3. The fourth-order valence-electron chi connectivity index (χ4n) is 1.23. The van der Waals surface area contributed by atoms with Crippen molar-refractivity contribution >= 4 is 0 Å². The van der Waals surface area contributed by atoms with E-state index in [1.807, 2.05) is 6.07 Å². The Morgan fingerprint density at radius 2 is 2.14 bits per heavy atom. The topological polar surface area (TPSA) is 59.2 Å². The van der Waals surface area contributed by atoms with Crippen LogP contribution in [0.1, 0.15) is 17.2 Å². The maximum absolute atomic E-state index is 9.77. The standard InChI is InChI=1S/C10H10N2O2/c13-10(3-8-1-2-14-6-8)9-4-11-7-12-5-9/h1-2,4-7,10,13H,3H2. The summed E-state index contributed by atoms with van der Waals surface area (Å²) in [5.41, 5.74) is 1.68. The maximum Gasteiger partial charge on any atom is 0.115 e. The molecule has 0 aliphatic carbocycles. The number of rotatable bonds is 3. The molecule has 72 valence electrons. The molecule has 0 bridgehead atoms. The number of aromatic nitrogens is 2. The Labute approximate surface area is 81.2 Å². The van der Waals surface area contributed by atoms with Gasteiger partial charge in [-0.1, -0.05) is 0 Å². The van der Waals surface area contributed by atoms with Gasteiger partial charge in [-0.25, -0.2) is 9.97 Å². The third-order valence-corrected chi connectivity index (χ3v) is 1.97. The predicted molar refractivity (Wildman–Crippen MR) is 49.4 cm³/mol. The molecule has 2 heterocycles.